The molecule has 7 nitrogen and oxygen atoms in total. The Morgan fingerprint density at radius 3 is 2.76 bits per heavy atom. The minimum Gasteiger partial charge on any atom is -0.370 e. The number of halogens is 3. The molecule has 1 aromatic carbocycles. The van der Waals surface area contributed by atoms with Gasteiger partial charge in [0.2, 0.25) is 5.91 Å². The van der Waals surface area contributed by atoms with Crippen molar-refractivity contribution in [2.24, 2.45) is 5.73 Å². The molecule has 1 saturated heterocycles. The average molecular weight is 360 g/mol. The second kappa shape index (κ2) is 8.79. The molecule has 1 fully saturated rings. The standard InChI is InChI=1S/C15H19F3N4O3/c16-10-5-9(21-15(24)11(6-19)20-7-13(17)18)1-2-12(10)22-3-4-25-8-14(22)23/h1-2,5,11,13,20H,3-4,6-8,19H2,(H,21,24)/t11-/m1/s1. The number of hydrogen-bond acceptors (Lipinski definition) is 5. The highest BCUT2D eigenvalue weighted by Gasteiger charge is 2.23. The smallest absolute Gasteiger partial charge is 0.253 e. The zero-order chi connectivity index (χ0) is 18.4. The minimum atomic E-state index is -2.62. The molecule has 1 atom stereocenters. The molecule has 0 aromatic heterocycles. The number of morpholine rings is 1. The molecule has 0 spiro atoms. The van der Waals surface area contributed by atoms with Crippen molar-refractivity contribution in [3.63, 3.8) is 0 Å². The molecular weight excluding hydrogens is 341 g/mol. The lowest BCUT2D eigenvalue weighted by Crippen LogP contribution is -2.47. The van der Waals surface area contributed by atoms with Crippen LogP contribution in [0, 0.1) is 5.82 Å². The zero-order valence-electron chi connectivity index (χ0n) is 13.3. The molecule has 138 valence electrons. The zero-order valence-corrected chi connectivity index (χ0v) is 13.3. The first-order chi connectivity index (χ1) is 11.9. The van der Waals surface area contributed by atoms with Gasteiger partial charge < -0.3 is 20.7 Å². The number of benzene rings is 1. The number of hydrogen-bond donors (Lipinski definition) is 3. The van der Waals surface area contributed by atoms with Gasteiger partial charge in [0.25, 0.3) is 12.3 Å². The van der Waals surface area contributed by atoms with Crippen LogP contribution in [0.15, 0.2) is 18.2 Å². The van der Waals surface area contributed by atoms with E-state index >= 15 is 0 Å². The number of ether oxygens (including phenoxy) is 1. The van der Waals surface area contributed by atoms with Crippen LogP contribution in [0.25, 0.3) is 0 Å². The van der Waals surface area contributed by atoms with Crippen molar-refractivity contribution in [3.05, 3.63) is 24.0 Å². The maximum Gasteiger partial charge on any atom is 0.253 e. The number of rotatable bonds is 7. The molecule has 1 aromatic rings. The molecule has 2 rings (SSSR count). The van der Waals surface area contributed by atoms with E-state index in [1.54, 1.807) is 0 Å². The number of carbonyl (C=O) groups is 2. The molecule has 0 aliphatic carbocycles. The fraction of sp³-hybridized carbons (Fsp3) is 0.467. The van der Waals surface area contributed by atoms with Crippen molar-refractivity contribution < 1.29 is 27.5 Å². The molecule has 0 bridgehead atoms. The van der Waals surface area contributed by atoms with E-state index in [-0.39, 0.29) is 37.0 Å². The Morgan fingerprint density at radius 1 is 1.40 bits per heavy atom. The molecule has 1 aliphatic heterocycles. The number of nitrogens with one attached hydrogen (secondary N) is 2. The van der Waals surface area contributed by atoms with E-state index < -0.39 is 30.7 Å². The van der Waals surface area contributed by atoms with Crippen LogP contribution in [0.5, 0.6) is 0 Å². The predicted molar refractivity (Wildman–Crippen MR) is 85.1 cm³/mol. The summed E-state index contributed by atoms with van der Waals surface area (Å²) in [5.74, 6) is -1.71. The topological polar surface area (TPSA) is 96.7 Å². The number of amides is 2. The highest BCUT2D eigenvalue weighted by atomic mass is 19.3. The van der Waals surface area contributed by atoms with E-state index in [1.165, 1.54) is 17.0 Å². The first kappa shape index (κ1) is 19.2. The Morgan fingerprint density at radius 2 is 2.16 bits per heavy atom. The van der Waals surface area contributed by atoms with E-state index in [2.05, 4.69) is 10.6 Å². The molecule has 0 unspecified atom stereocenters. The summed E-state index contributed by atoms with van der Waals surface area (Å²) in [6.07, 6.45) is -2.62. The van der Waals surface area contributed by atoms with Crippen molar-refractivity contribution in [1.82, 2.24) is 5.32 Å². The Kier molecular flexibility index (Phi) is 6.73. The molecule has 0 radical (unpaired) electrons. The summed E-state index contributed by atoms with van der Waals surface area (Å²) in [5.41, 5.74) is 5.59. The summed E-state index contributed by atoms with van der Waals surface area (Å²) in [6.45, 7) is -0.457. The summed E-state index contributed by atoms with van der Waals surface area (Å²) in [7, 11) is 0. The number of alkyl halides is 2. The van der Waals surface area contributed by atoms with Gasteiger partial charge in [0.1, 0.15) is 12.4 Å². The van der Waals surface area contributed by atoms with Gasteiger partial charge in [-0.3, -0.25) is 14.9 Å². The van der Waals surface area contributed by atoms with Crippen molar-refractivity contribution in [3.8, 4) is 0 Å². The van der Waals surface area contributed by atoms with E-state index in [0.717, 1.165) is 6.07 Å². The van der Waals surface area contributed by atoms with Crippen molar-refractivity contribution >= 4 is 23.2 Å². The van der Waals surface area contributed by atoms with Crippen molar-refractivity contribution in [2.75, 3.05) is 43.1 Å². The summed E-state index contributed by atoms with van der Waals surface area (Å²) in [4.78, 5) is 25.0. The fourth-order valence-corrected chi connectivity index (χ4v) is 2.32. The van der Waals surface area contributed by atoms with E-state index in [4.69, 9.17) is 10.5 Å². The predicted octanol–water partition coefficient (Wildman–Crippen LogP) is 0.309. The van der Waals surface area contributed by atoms with Crippen LogP contribution in [0.4, 0.5) is 24.5 Å². The third-order valence-corrected chi connectivity index (χ3v) is 3.56. The average Bonchev–Trinajstić information content (AvgIpc) is 2.56. The Labute approximate surface area is 142 Å². The summed E-state index contributed by atoms with van der Waals surface area (Å²) in [5, 5.41) is 4.73. The maximum atomic E-state index is 14.3. The molecule has 2 amide bonds. The number of nitrogens with zero attached hydrogens (tertiary/aromatic N) is 1. The van der Waals surface area contributed by atoms with Crippen LogP contribution in [-0.4, -0.2) is 57.1 Å². The van der Waals surface area contributed by atoms with Crippen molar-refractivity contribution in [2.45, 2.75) is 12.5 Å². The number of anilines is 2. The van der Waals surface area contributed by atoms with Gasteiger partial charge in [-0.1, -0.05) is 0 Å². The normalized spacial score (nSPS) is 16.2. The minimum absolute atomic E-state index is 0.0810. The Bertz CT molecular complexity index is 630. The van der Waals surface area contributed by atoms with E-state index in [0.29, 0.717) is 6.61 Å². The van der Waals surface area contributed by atoms with Gasteiger partial charge >= 0.3 is 0 Å². The largest absolute Gasteiger partial charge is 0.370 e. The van der Waals surface area contributed by atoms with E-state index in [1.807, 2.05) is 0 Å². The second-order valence-corrected chi connectivity index (χ2v) is 5.34. The van der Waals surface area contributed by atoms with Crippen LogP contribution >= 0.6 is 0 Å². The third-order valence-electron chi connectivity index (χ3n) is 3.56. The number of nitrogens with two attached hydrogens (primary N) is 1. The fourth-order valence-electron chi connectivity index (χ4n) is 2.32. The summed E-state index contributed by atoms with van der Waals surface area (Å²) < 4.78 is 43.7. The van der Waals surface area contributed by atoms with Crippen LogP contribution < -0.4 is 21.3 Å². The van der Waals surface area contributed by atoms with Gasteiger partial charge in [-0.25, -0.2) is 13.2 Å². The summed E-state index contributed by atoms with van der Waals surface area (Å²) in [6, 6.07) is 2.80. The van der Waals surface area contributed by atoms with E-state index in [9.17, 15) is 22.8 Å². The molecule has 25 heavy (non-hydrogen) atoms. The molecule has 1 aliphatic rings. The lowest BCUT2D eigenvalue weighted by molar-refractivity contribution is -0.125. The first-order valence-electron chi connectivity index (χ1n) is 7.62. The van der Waals surface area contributed by atoms with Gasteiger partial charge in [-0.2, -0.15) is 0 Å². The van der Waals surface area contributed by atoms with Crippen LogP contribution in [-0.2, 0) is 14.3 Å². The van der Waals surface area contributed by atoms with Crippen LogP contribution in [0.1, 0.15) is 0 Å². The lowest BCUT2D eigenvalue weighted by atomic mass is 10.2. The van der Waals surface area contributed by atoms with Gasteiger partial charge in [0.05, 0.1) is 24.9 Å². The SMILES string of the molecule is NC[C@@H](NCC(F)F)C(=O)Nc1ccc(N2CCOCC2=O)c(F)c1. The lowest BCUT2D eigenvalue weighted by Gasteiger charge is -2.27. The number of carbonyl (C=O) groups excluding carboxylic acids is 2. The molecule has 0 saturated carbocycles. The molecular formula is C15H19F3N4O3. The molecule has 1 heterocycles. The monoisotopic (exact) mass is 360 g/mol. The molecule has 10 heteroatoms. The quantitative estimate of drug-likeness (QED) is 0.650. The van der Waals surface area contributed by atoms with Gasteiger partial charge in [0, 0.05) is 18.8 Å². The van der Waals surface area contributed by atoms with Crippen LogP contribution in [0.2, 0.25) is 0 Å². The molecule has 4 N–H and O–H groups in total. The summed E-state index contributed by atoms with van der Waals surface area (Å²) >= 11 is 0. The second-order valence-electron chi connectivity index (χ2n) is 5.34. The highest BCUT2D eigenvalue weighted by molar-refractivity contribution is 5.97. The van der Waals surface area contributed by atoms with Gasteiger partial charge in [-0.15, -0.1) is 0 Å². The van der Waals surface area contributed by atoms with Gasteiger partial charge in [0.15, 0.2) is 0 Å². The Hall–Kier alpha value is -2.17. The first-order valence-corrected chi connectivity index (χ1v) is 7.62. The Balaban J connectivity index is 2.04. The van der Waals surface area contributed by atoms with Crippen LogP contribution in [0.3, 0.4) is 0 Å². The third kappa shape index (κ3) is 5.15. The highest BCUT2D eigenvalue weighted by Crippen LogP contribution is 2.24. The van der Waals surface area contributed by atoms with Crippen molar-refractivity contribution in [1.29, 1.82) is 0 Å². The maximum absolute atomic E-state index is 14.3. The van der Waals surface area contributed by atoms with Gasteiger partial charge in [-0.05, 0) is 18.2 Å².